The molecule has 1 aromatic heterocycles. The second kappa shape index (κ2) is 3.21. The minimum absolute atomic E-state index is 0.0414. The minimum Gasteiger partial charge on any atom is -0.384 e. The fourth-order valence-corrected chi connectivity index (χ4v) is 3.49. The third kappa shape index (κ3) is 1.42. The number of anilines is 1. The summed E-state index contributed by atoms with van der Waals surface area (Å²) in [5, 5.41) is 7.49. The van der Waals surface area contributed by atoms with Gasteiger partial charge >= 0.3 is 0 Å². The third-order valence-corrected chi connectivity index (χ3v) is 4.80. The highest BCUT2D eigenvalue weighted by Gasteiger charge is 2.30. The van der Waals surface area contributed by atoms with Crippen molar-refractivity contribution in [3.05, 3.63) is 11.3 Å². The standard InChI is InChI=1S/C9H14N4O2S/c10-9-7-1-2-16(14,15)5-8(7)12-13(9)6-3-11-4-6/h6,11H,1-5,10H2. The molecule has 0 spiro atoms. The molecule has 0 saturated carbocycles. The van der Waals surface area contributed by atoms with E-state index in [1.165, 1.54) is 0 Å². The molecule has 0 aromatic carbocycles. The summed E-state index contributed by atoms with van der Waals surface area (Å²) >= 11 is 0. The molecule has 0 unspecified atom stereocenters. The molecule has 0 atom stereocenters. The van der Waals surface area contributed by atoms with Crippen LogP contribution < -0.4 is 11.1 Å². The topological polar surface area (TPSA) is 90.0 Å². The van der Waals surface area contributed by atoms with Crippen molar-refractivity contribution < 1.29 is 8.42 Å². The van der Waals surface area contributed by atoms with Gasteiger partial charge in [0, 0.05) is 18.7 Å². The van der Waals surface area contributed by atoms with Gasteiger partial charge < -0.3 is 11.1 Å². The summed E-state index contributed by atoms with van der Waals surface area (Å²) in [5.74, 6) is 0.884. The fraction of sp³-hybridized carbons (Fsp3) is 0.667. The first-order valence-electron chi connectivity index (χ1n) is 5.34. The van der Waals surface area contributed by atoms with Gasteiger partial charge in [-0.3, -0.25) is 0 Å². The molecule has 6 nitrogen and oxygen atoms in total. The Labute approximate surface area is 93.7 Å². The van der Waals surface area contributed by atoms with E-state index < -0.39 is 9.84 Å². The molecule has 1 aromatic rings. The number of hydrogen-bond donors (Lipinski definition) is 2. The van der Waals surface area contributed by atoms with Crippen LogP contribution in [0, 0.1) is 0 Å². The van der Waals surface area contributed by atoms with E-state index in [-0.39, 0.29) is 17.5 Å². The van der Waals surface area contributed by atoms with Crippen LogP contribution in [0.2, 0.25) is 0 Å². The Morgan fingerprint density at radius 3 is 2.81 bits per heavy atom. The van der Waals surface area contributed by atoms with Gasteiger partial charge in [-0.25, -0.2) is 13.1 Å². The molecule has 2 aliphatic rings. The van der Waals surface area contributed by atoms with Crippen LogP contribution in [0.3, 0.4) is 0 Å². The molecular formula is C9H14N4O2S. The molecule has 2 aliphatic heterocycles. The smallest absolute Gasteiger partial charge is 0.156 e. The van der Waals surface area contributed by atoms with Crippen LogP contribution >= 0.6 is 0 Å². The Hall–Kier alpha value is -1.08. The zero-order chi connectivity index (χ0) is 11.3. The molecule has 0 amide bonds. The van der Waals surface area contributed by atoms with Crippen LogP contribution in [-0.4, -0.2) is 37.0 Å². The first-order chi connectivity index (χ1) is 7.57. The molecule has 3 heterocycles. The van der Waals surface area contributed by atoms with Gasteiger partial charge in [-0.15, -0.1) is 0 Å². The largest absolute Gasteiger partial charge is 0.384 e. The van der Waals surface area contributed by atoms with E-state index in [1.54, 1.807) is 4.68 Å². The first-order valence-corrected chi connectivity index (χ1v) is 7.16. The zero-order valence-corrected chi connectivity index (χ0v) is 9.63. The summed E-state index contributed by atoms with van der Waals surface area (Å²) < 4.78 is 24.7. The van der Waals surface area contributed by atoms with E-state index in [9.17, 15) is 8.42 Å². The first kappa shape index (κ1) is 10.1. The molecule has 0 radical (unpaired) electrons. The van der Waals surface area contributed by atoms with Gasteiger partial charge in [-0.2, -0.15) is 5.10 Å². The number of sulfone groups is 1. The lowest BCUT2D eigenvalue weighted by Gasteiger charge is -2.28. The highest BCUT2D eigenvalue weighted by molar-refractivity contribution is 7.90. The zero-order valence-electron chi connectivity index (χ0n) is 8.81. The number of nitrogens with two attached hydrogens (primary N) is 1. The summed E-state index contributed by atoms with van der Waals surface area (Å²) in [6, 6.07) is 0.285. The average molecular weight is 242 g/mol. The summed E-state index contributed by atoms with van der Waals surface area (Å²) in [4.78, 5) is 0. The monoisotopic (exact) mass is 242 g/mol. The van der Waals surface area contributed by atoms with Gasteiger partial charge in [0.2, 0.25) is 0 Å². The van der Waals surface area contributed by atoms with Gasteiger partial charge in [-0.1, -0.05) is 0 Å². The number of nitrogen functional groups attached to an aromatic ring is 1. The normalized spacial score (nSPS) is 23.8. The third-order valence-electron chi connectivity index (χ3n) is 3.26. The number of nitrogens with one attached hydrogen (secondary N) is 1. The van der Waals surface area contributed by atoms with Crippen LogP contribution in [0.15, 0.2) is 0 Å². The summed E-state index contributed by atoms with van der Waals surface area (Å²) in [6.07, 6.45) is 0.504. The molecule has 1 fully saturated rings. The molecule has 3 N–H and O–H groups in total. The highest BCUT2D eigenvalue weighted by atomic mass is 32.2. The fourth-order valence-electron chi connectivity index (χ4n) is 2.18. The van der Waals surface area contributed by atoms with Crippen molar-refractivity contribution in [2.75, 3.05) is 24.6 Å². The second-order valence-corrected chi connectivity index (χ2v) is 6.59. The van der Waals surface area contributed by atoms with Gasteiger partial charge in [-0.05, 0) is 6.42 Å². The SMILES string of the molecule is Nc1c2c(nn1C1CNC1)CS(=O)(=O)CC2. The number of fused-ring (bicyclic) bond motifs is 1. The predicted octanol–water partition coefficient (Wildman–Crippen LogP) is -0.920. The lowest BCUT2D eigenvalue weighted by Crippen LogP contribution is -2.44. The van der Waals surface area contributed by atoms with E-state index in [4.69, 9.17) is 5.73 Å². The Kier molecular flexibility index (Phi) is 2.02. The van der Waals surface area contributed by atoms with Gasteiger partial charge in [0.15, 0.2) is 9.84 Å². The van der Waals surface area contributed by atoms with Gasteiger partial charge in [0.1, 0.15) is 5.82 Å². The molecule has 16 heavy (non-hydrogen) atoms. The summed E-state index contributed by atoms with van der Waals surface area (Å²) in [5.41, 5.74) is 7.58. The van der Waals surface area contributed by atoms with E-state index in [2.05, 4.69) is 10.4 Å². The number of aromatic nitrogens is 2. The molecule has 1 saturated heterocycles. The van der Waals surface area contributed by atoms with E-state index in [1.807, 2.05) is 0 Å². The Bertz CT molecular complexity index is 530. The minimum atomic E-state index is -2.96. The molecule has 88 valence electrons. The van der Waals surface area contributed by atoms with Crippen LogP contribution in [0.5, 0.6) is 0 Å². The number of nitrogens with zero attached hydrogens (tertiary/aromatic N) is 2. The number of rotatable bonds is 1. The number of hydrogen-bond acceptors (Lipinski definition) is 5. The van der Waals surface area contributed by atoms with Crippen molar-refractivity contribution in [2.24, 2.45) is 0 Å². The van der Waals surface area contributed by atoms with Crippen molar-refractivity contribution in [1.82, 2.24) is 15.1 Å². The van der Waals surface area contributed by atoms with Gasteiger partial charge in [0.05, 0.1) is 23.2 Å². The molecular weight excluding hydrogens is 228 g/mol. The summed E-state index contributed by atoms with van der Waals surface area (Å²) in [6.45, 7) is 1.72. The molecule has 7 heteroatoms. The maximum atomic E-state index is 11.5. The average Bonchev–Trinajstić information content (AvgIpc) is 2.39. The summed E-state index contributed by atoms with van der Waals surface area (Å²) in [7, 11) is -2.96. The Morgan fingerprint density at radius 1 is 1.44 bits per heavy atom. The van der Waals surface area contributed by atoms with Crippen LogP contribution in [0.4, 0.5) is 5.82 Å². The van der Waals surface area contributed by atoms with E-state index in [0.29, 0.717) is 17.9 Å². The van der Waals surface area contributed by atoms with Crippen molar-refractivity contribution >= 4 is 15.7 Å². The van der Waals surface area contributed by atoms with Crippen molar-refractivity contribution in [2.45, 2.75) is 18.2 Å². The predicted molar refractivity (Wildman–Crippen MR) is 59.7 cm³/mol. The van der Waals surface area contributed by atoms with E-state index in [0.717, 1.165) is 18.7 Å². The van der Waals surface area contributed by atoms with Crippen LogP contribution in [0.25, 0.3) is 0 Å². The van der Waals surface area contributed by atoms with E-state index >= 15 is 0 Å². The lowest BCUT2D eigenvalue weighted by atomic mass is 10.1. The molecule has 3 rings (SSSR count). The highest BCUT2D eigenvalue weighted by Crippen LogP contribution is 2.28. The maximum Gasteiger partial charge on any atom is 0.156 e. The Morgan fingerprint density at radius 2 is 2.19 bits per heavy atom. The maximum absolute atomic E-state index is 11.5. The van der Waals surface area contributed by atoms with Crippen LogP contribution in [-0.2, 0) is 22.0 Å². The lowest BCUT2D eigenvalue weighted by molar-refractivity contribution is 0.321. The molecule has 0 bridgehead atoms. The van der Waals surface area contributed by atoms with Gasteiger partial charge in [0.25, 0.3) is 0 Å². The molecule has 0 aliphatic carbocycles. The van der Waals surface area contributed by atoms with Crippen molar-refractivity contribution in [3.63, 3.8) is 0 Å². The quantitative estimate of drug-likeness (QED) is 0.665. The van der Waals surface area contributed by atoms with Crippen molar-refractivity contribution in [3.8, 4) is 0 Å². The Balaban J connectivity index is 2.03. The van der Waals surface area contributed by atoms with Crippen LogP contribution in [0.1, 0.15) is 17.3 Å². The van der Waals surface area contributed by atoms with Crippen molar-refractivity contribution in [1.29, 1.82) is 0 Å². The second-order valence-electron chi connectivity index (χ2n) is 4.41.